The van der Waals surface area contributed by atoms with Crippen LogP contribution in [0.4, 0.5) is 0 Å². The normalized spacial score (nSPS) is 23.2. The third-order valence-electron chi connectivity index (χ3n) is 5.11. The summed E-state index contributed by atoms with van der Waals surface area (Å²) in [7, 11) is 0. The van der Waals surface area contributed by atoms with Crippen molar-refractivity contribution in [1.82, 2.24) is 10.2 Å². The molecule has 1 amide bonds. The van der Waals surface area contributed by atoms with Gasteiger partial charge < -0.3 is 10.4 Å². The Bertz CT molecular complexity index is 569. The zero-order valence-corrected chi connectivity index (χ0v) is 13.3. The Morgan fingerprint density at radius 2 is 1.96 bits per heavy atom. The molecule has 1 saturated carbocycles. The van der Waals surface area contributed by atoms with Gasteiger partial charge in [-0.15, -0.1) is 0 Å². The summed E-state index contributed by atoms with van der Waals surface area (Å²) in [6.45, 7) is 1.51. The second-order valence-corrected chi connectivity index (χ2v) is 6.74. The summed E-state index contributed by atoms with van der Waals surface area (Å²) in [5, 5.41) is 12.3. The lowest BCUT2D eigenvalue weighted by Gasteiger charge is -2.32. The number of carbonyl (C=O) groups excluding carboxylic acids is 1. The fourth-order valence-electron chi connectivity index (χ4n) is 3.48. The lowest BCUT2D eigenvalue weighted by atomic mass is 9.96. The van der Waals surface area contributed by atoms with E-state index in [0.717, 1.165) is 25.7 Å². The number of piperidine rings is 1. The van der Waals surface area contributed by atoms with E-state index in [0.29, 0.717) is 19.5 Å². The Labute approximate surface area is 136 Å². The smallest absolute Gasteiger partial charge is 0.320 e. The summed E-state index contributed by atoms with van der Waals surface area (Å²) in [4.78, 5) is 25.3. The number of aliphatic carboxylic acids is 1. The second kappa shape index (κ2) is 6.71. The van der Waals surface area contributed by atoms with E-state index in [4.69, 9.17) is 0 Å². The van der Waals surface area contributed by atoms with E-state index >= 15 is 0 Å². The number of carboxylic acid groups (broad SMARTS) is 1. The van der Waals surface area contributed by atoms with Crippen LogP contribution in [0.15, 0.2) is 30.3 Å². The Morgan fingerprint density at radius 3 is 2.61 bits per heavy atom. The van der Waals surface area contributed by atoms with E-state index in [2.05, 4.69) is 17.4 Å². The Morgan fingerprint density at radius 1 is 1.22 bits per heavy atom. The number of carboxylic acids is 1. The van der Waals surface area contributed by atoms with Crippen LogP contribution in [0.3, 0.4) is 0 Å². The monoisotopic (exact) mass is 316 g/mol. The van der Waals surface area contributed by atoms with Gasteiger partial charge in [-0.3, -0.25) is 14.5 Å². The molecule has 0 spiro atoms. The molecule has 1 heterocycles. The first-order chi connectivity index (χ1) is 11.1. The molecule has 5 heteroatoms. The van der Waals surface area contributed by atoms with Gasteiger partial charge in [-0.05, 0) is 37.8 Å². The molecule has 124 valence electrons. The molecule has 1 aromatic rings. The maximum absolute atomic E-state index is 12.2. The van der Waals surface area contributed by atoms with Gasteiger partial charge in [0.15, 0.2) is 0 Å². The van der Waals surface area contributed by atoms with Crippen molar-refractivity contribution in [3.63, 3.8) is 0 Å². The van der Waals surface area contributed by atoms with Gasteiger partial charge in [-0.2, -0.15) is 0 Å². The largest absolute Gasteiger partial charge is 0.480 e. The second-order valence-electron chi connectivity index (χ2n) is 6.74. The molecular formula is C18H24N2O3. The van der Waals surface area contributed by atoms with Crippen molar-refractivity contribution in [3.8, 4) is 0 Å². The van der Waals surface area contributed by atoms with Crippen LogP contribution in [0.1, 0.15) is 37.7 Å². The standard InChI is InChI=1S/C18H24N2O3/c21-16(12-20-11-5-4-8-15(20)17(22)23)19-13-18(9-10-18)14-6-2-1-3-7-14/h1-3,6-7,15H,4-5,8-13H2,(H,19,21)(H,22,23). The van der Waals surface area contributed by atoms with Crippen molar-refractivity contribution in [2.45, 2.75) is 43.6 Å². The summed E-state index contributed by atoms with van der Waals surface area (Å²) in [5.41, 5.74) is 1.37. The summed E-state index contributed by atoms with van der Waals surface area (Å²) in [5.74, 6) is -0.888. The average Bonchev–Trinajstić information content (AvgIpc) is 3.35. The quantitative estimate of drug-likeness (QED) is 0.839. The third-order valence-corrected chi connectivity index (χ3v) is 5.11. The Hall–Kier alpha value is -1.88. The van der Waals surface area contributed by atoms with E-state index in [1.807, 2.05) is 18.2 Å². The maximum Gasteiger partial charge on any atom is 0.320 e. The van der Waals surface area contributed by atoms with E-state index in [1.165, 1.54) is 5.56 Å². The van der Waals surface area contributed by atoms with E-state index in [9.17, 15) is 14.7 Å². The number of benzene rings is 1. The fraction of sp³-hybridized carbons (Fsp3) is 0.556. The molecule has 5 nitrogen and oxygen atoms in total. The molecule has 0 bridgehead atoms. The van der Waals surface area contributed by atoms with Crippen molar-refractivity contribution in [2.24, 2.45) is 0 Å². The highest BCUT2D eigenvalue weighted by Gasteiger charge is 2.44. The van der Waals surface area contributed by atoms with Crippen LogP contribution < -0.4 is 5.32 Å². The molecule has 1 aromatic carbocycles. The molecule has 0 radical (unpaired) electrons. The van der Waals surface area contributed by atoms with E-state index in [-0.39, 0.29) is 17.9 Å². The minimum atomic E-state index is -0.819. The number of rotatable bonds is 6. The molecule has 0 aromatic heterocycles. The Kier molecular flexibility index (Phi) is 4.66. The van der Waals surface area contributed by atoms with Gasteiger partial charge in [0.2, 0.25) is 5.91 Å². The molecule has 1 saturated heterocycles. The molecule has 2 N–H and O–H groups in total. The van der Waals surface area contributed by atoms with Gasteiger partial charge in [-0.1, -0.05) is 36.8 Å². The molecule has 1 unspecified atom stereocenters. The summed E-state index contributed by atoms with van der Waals surface area (Å²) in [6.07, 6.45) is 4.71. The van der Waals surface area contributed by atoms with E-state index in [1.54, 1.807) is 4.90 Å². The lowest BCUT2D eigenvalue weighted by molar-refractivity contribution is -0.145. The summed E-state index contributed by atoms with van der Waals surface area (Å²) < 4.78 is 0. The molecular weight excluding hydrogens is 292 g/mol. The van der Waals surface area contributed by atoms with Crippen LogP contribution in [-0.2, 0) is 15.0 Å². The lowest BCUT2D eigenvalue weighted by Crippen LogP contribution is -2.49. The van der Waals surface area contributed by atoms with Crippen LogP contribution in [0.2, 0.25) is 0 Å². The molecule has 1 aliphatic carbocycles. The third kappa shape index (κ3) is 3.72. The van der Waals surface area contributed by atoms with Crippen LogP contribution in [-0.4, -0.2) is 47.6 Å². The minimum Gasteiger partial charge on any atom is -0.480 e. The van der Waals surface area contributed by atoms with Gasteiger partial charge in [0.25, 0.3) is 0 Å². The number of nitrogens with one attached hydrogen (secondary N) is 1. The van der Waals surface area contributed by atoms with Crippen LogP contribution >= 0.6 is 0 Å². The first-order valence-electron chi connectivity index (χ1n) is 8.40. The molecule has 2 fully saturated rings. The predicted molar refractivity (Wildman–Crippen MR) is 87.2 cm³/mol. The van der Waals surface area contributed by atoms with Crippen molar-refractivity contribution in [3.05, 3.63) is 35.9 Å². The van der Waals surface area contributed by atoms with Crippen LogP contribution in [0, 0.1) is 0 Å². The number of likely N-dealkylation sites (tertiary alicyclic amines) is 1. The van der Waals surface area contributed by atoms with Crippen molar-refractivity contribution < 1.29 is 14.7 Å². The van der Waals surface area contributed by atoms with Crippen molar-refractivity contribution >= 4 is 11.9 Å². The number of nitrogens with zero attached hydrogens (tertiary/aromatic N) is 1. The van der Waals surface area contributed by atoms with Crippen molar-refractivity contribution in [1.29, 1.82) is 0 Å². The van der Waals surface area contributed by atoms with Gasteiger partial charge in [0.1, 0.15) is 6.04 Å². The predicted octanol–water partition coefficient (Wildman–Crippen LogP) is 1.77. The Balaban J connectivity index is 1.53. The SMILES string of the molecule is O=C(CN1CCCCC1C(=O)O)NCC1(c2ccccc2)CC1. The number of hydrogen-bond acceptors (Lipinski definition) is 3. The van der Waals surface area contributed by atoms with Gasteiger partial charge >= 0.3 is 5.97 Å². The van der Waals surface area contributed by atoms with Crippen LogP contribution in [0.25, 0.3) is 0 Å². The highest BCUT2D eigenvalue weighted by Crippen LogP contribution is 2.47. The van der Waals surface area contributed by atoms with Gasteiger partial charge in [-0.25, -0.2) is 0 Å². The van der Waals surface area contributed by atoms with Gasteiger partial charge in [0.05, 0.1) is 6.54 Å². The maximum atomic E-state index is 12.2. The fourth-order valence-corrected chi connectivity index (χ4v) is 3.48. The number of hydrogen-bond donors (Lipinski definition) is 2. The van der Waals surface area contributed by atoms with Crippen LogP contribution in [0.5, 0.6) is 0 Å². The van der Waals surface area contributed by atoms with Gasteiger partial charge in [0, 0.05) is 12.0 Å². The molecule has 1 atom stereocenters. The molecule has 3 rings (SSSR count). The number of carbonyl (C=O) groups is 2. The molecule has 2 aliphatic rings. The first-order valence-corrected chi connectivity index (χ1v) is 8.40. The highest BCUT2D eigenvalue weighted by molar-refractivity contribution is 5.80. The summed E-state index contributed by atoms with van der Waals surface area (Å²) in [6, 6.07) is 9.78. The molecule has 23 heavy (non-hydrogen) atoms. The topological polar surface area (TPSA) is 69.6 Å². The molecule has 1 aliphatic heterocycles. The highest BCUT2D eigenvalue weighted by atomic mass is 16.4. The minimum absolute atomic E-state index is 0.0691. The average molecular weight is 316 g/mol. The van der Waals surface area contributed by atoms with E-state index < -0.39 is 12.0 Å². The summed E-state index contributed by atoms with van der Waals surface area (Å²) >= 11 is 0. The zero-order chi connectivity index (χ0) is 16.3. The van der Waals surface area contributed by atoms with Crippen molar-refractivity contribution in [2.75, 3.05) is 19.6 Å². The first kappa shape index (κ1) is 16.0. The number of amides is 1. The zero-order valence-electron chi connectivity index (χ0n) is 13.3.